The van der Waals surface area contributed by atoms with Gasteiger partial charge in [0.25, 0.3) is 0 Å². The van der Waals surface area contributed by atoms with Crippen LogP contribution in [0.3, 0.4) is 0 Å². The number of rotatable bonds is 3. The van der Waals surface area contributed by atoms with Crippen LogP contribution in [0.2, 0.25) is 0 Å². The SMILES string of the molecule is CN(C)CC1CC(O)CN1c1cc(N)nc(C(C)(C)C)n1. The Morgan fingerprint density at radius 3 is 2.62 bits per heavy atom. The first-order chi connectivity index (χ1) is 9.66. The number of aliphatic hydroxyl groups excluding tert-OH is 1. The quantitative estimate of drug-likeness (QED) is 0.860. The molecule has 0 radical (unpaired) electrons. The van der Waals surface area contributed by atoms with Gasteiger partial charge in [-0.15, -0.1) is 0 Å². The van der Waals surface area contributed by atoms with Crippen molar-refractivity contribution in [3.05, 3.63) is 11.9 Å². The standard InChI is InChI=1S/C15H27N5O/c1-15(2,3)14-17-12(16)7-13(18-14)20-9-11(21)6-10(20)8-19(4)5/h7,10-11,21H,6,8-9H2,1-5H3,(H2,16,17,18). The van der Waals surface area contributed by atoms with E-state index < -0.39 is 0 Å². The number of aromatic nitrogens is 2. The number of likely N-dealkylation sites (N-methyl/N-ethyl adjacent to an activating group) is 1. The molecule has 1 aromatic rings. The van der Waals surface area contributed by atoms with Gasteiger partial charge >= 0.3 is 0 Å². The molecule has 118 valence electrons. The number of nitrogens with two attached hydrogens (primary N) is 1. The molecule has 1 fully saturated rings. The number of β-amino-alcohol motifs (C(OH)–C–C–N with tert-alkyl or cyclic N) is 1. The van der Waals surface area contributed by atoms with Crippen LogP contribution in [0.5, 0.6) is 0 Å². The van der Waals surface area contributed by atoms with E-state index >= 15 is 0 Å². The summed E-state index contributed by atoms with van der Waals surface area (Å²) in [6.45, 7) is 7.69. The van der Waals surface area contributed by atoms with Crippen LogP contribution in [0.25, 0.3) is 0 Å². The first-order valence-electron chi connectivity index (χ1n) is 7.41. The Kier molecular flexibility index (Phi) is 4.39. The predicted octanol–water partition coefficient (Wildman–Crippen LogP) is 0.858. The number of anilines is 2. The van der Waals surface area contributed by atoms with Crippen LogP contribution in [0.15, 0.2) is 6.07 Å². The van der Waals surface area contributed by atoms with Gasteiger partial charge in [0.2, 0.25) is 0 Å². The Morgan fingerprint density at radius 2 is 2.05 bits per heavy atom. The van der Waals surface area contributed by atoms with Gasteiger partial charge in [-0.25, -0.2) is 9.97 Å². The van der Waals surface area contributed by atoms with E-state index in [1.807, 2.05) is 14.1 Å². The summed E-state index contributed by atoms with van der Waals surface area (Å²) in [5.41, 5.74) is 5.80. The van der Waals surface area contributed by atoms with Gasteiger partial charge < -0.3 is 20.6 Å². The fraction of sp³-hybridized carbons (Fsp3) is 0.733. The van der Waals surface area contributed by atoms with Crippen molar-refractivity contribution in [3.63, 3.8) is 0 Å². The Morgan fingerprint density at radius 1 is 1.38 bits per heavy atom. The van der Waals surface area contributed by atoms with Crippen LogP contribution in [-0.4, -0.2) is 59.3 Å². The highest BCUT2D eigenvalue weighted by Gasteiger charge is 2.33. The lowest BCUT2D eigenvalue weighted by Crippen LogP contribution is -2.38. The molecule has 0 amide bonds. The van der Waals surface area contributed by atoms with E-state index in [1.165, 1.54) is 0 Å². The van der Waals surface area contributed by atoms with Crippen LogP contribution >= 0.6 is 0 Å². The summed E-state index contributed by atoms with van der Waals surface area (Å²) < 4.78 is 0. The molecule has 0 spiro atoms. The molecule has 21 heavy (non-hydrogen) atoms. The van der Waals surface area contributed by atoms with Gasteiger partial charge in [0.1, 0.15) is 17.5 Å². The molecule has 0 aliphatic carbocycles. The van der Waals surface area contributed by atoms with E-state index in [0.717, 1.165) is 24.6 Å². The Balaban J connectivity index is 2.33. The molecule has 6 nitrogen and oxygen atoms in total. The first-order valence-corrected chi connectivity index (χ1v) is 7.41. The van der Waals surface area contributed by atoms with Crippen molar-refractivity contribution >= 4 is 11.6 Å². The van der Waals surface area contributed by atoms with Crippen LogP contribution in [0.4, 0.5) is 11.6 Å². The fourth-order valence-corrected chi connectivity index (χ4v) is 2.70. The Bertz CT molecular complexity index is 497. The minimum absolute atomic E-state index is 0.153. The smallest absolute Gasteiger partial charge is 0.138 e. The number of nitrogen functional groups attached to an aromatic ring is 1. The van der Waals surface area contributed by atoms with Crippen LogP contribution in [0, 0.1) is 0 Å². The van der Waals surface area contributed by atoms with Gasteiger partial charge in [0.15, 0.2) is 0 Å². The second-order valence-electron chi connectivity index (χ2n) is 7.18. The molecule has 0 saturated carbocycles. The Labute approximate surface area is 127 Å². The minimum Gasteiger partial charge on any atom is -0.391 e. The van der Waals surface area contributed by atoms with Gasteiger partial charge in [-0.2, -0.15) is 0 Å². The van der Waals surface area contributed by atoms with Crippen LogP contribution < -0.4 is 10.6 Å². The summed E-state index contributed by atoms with van der Waals surface area (Å²) in [4.78, 5) is 13.3. The van der Waals surface area contributed by atoms with Crippen LogP contribution in [-0.2, 0) is 5.41 Å². The maximum atomic E-state index is 10.0. The molecule has 0 bridgehead atoms. The molecule has 2 heterocycles. The Hall–Kier alpha value is -1.40. The second kappa shape index (κ2) is 5.77. The lowest BCUT2D eigenvalue weighted by Gasteiger charge is -2.29. The van der Waals surface area contributed by atoms with Crippen molar-refractivity contribution in [3.8, 4) is 0 Å². The van der Waals surface area contributed by atoms with Crippen molar-refractivity contribution in [2.24, 2.45) is 0 Å². The van der Waals surface area contributed by atoms with Crippen molar-refractivity contribution in [2.45, 2.75) is 44.8 Å². The van der Waals surface area contributed by atoms with Crippen molar-refractivity contribution < 1.29 is 5.11 Å². The van der Waals surface area contributed by atoms with Gasteiger partial charge in [-0.05, 0) is 20.5 Å². The summed E-state index contributed by atoms with van der Waals surface area (Å²) >= 11 is 0. The average molecular weight is 293 g/mol. The lowest BCUT2D eigenvalue weighted by atomic mass is 9.96. The van der Waals surface area contributed by atoms with Gasteiger partial charge in [0, 0.05) is 30.6 Å². The third-order valence-electron chi connectivity index (χ3n) is 3.67. The summed E-state index contributed by atoms with van der Waals surface area (Å²) in [6, 6.07) is 2.05. The molecule has 2 atom stereocenters. The lowest BCUT2D eigenvalue weighted by molar-refractivity contribution is 0.191. The summed E-state index contributed by atoms with van der Waals surface area (Å²) in [7, 11) is 4.08. The van der Waals surface area contributed by atoms with E-state index in [1.54, 1.807) is 6.07 Å². The fourth-order valence-electron chi connectivity index (χ4n) is 2.70. The normalized spacial score (nSPS) is 23.1. The predicted molar refractivity (Wildman–Crippen MR) is 85.5 cm³/mol. The average Bonchev–Trinajstić information content (AvgIpc) is 2.67. The third-order valence-corrected chi connectivity index (χ3v) is 3.67. The molecule has 2 unspecified atom stereocenters. The molecule has 1 aromatic heterocycles. The summed E-state index contributed by atoms with van der Waals surface area (Å²) in [5, 5.41) is 10.0. The van der Waals surface area contributed by atoms with Crippen LogP contribution in [0.1, 0.15) is 33.0 Å². The van der Waals surface area contributed by atoms with E-state index in [0.29, 0.717) is 12.4 Å². The molecule has 1 aliphatic heterocycles. The van der Waals surface area contributed by atoms with E-state index in [-0.39, 0.29) is 17.6 Å². The largest absolute Gasteiger partial charge is 0.391 e. The van der Waals surface area contributed by atoms with E-state index in [4.69, 9.17) is 5.73 Å². The minimum atomic E-state index is -0.316. The zero-order valence-corrected chi connectivity index (χ0v) is 13.7. The van der Waals surface area contributed by atoms with E-state index in [2.05, 4.69) is 40.5 Å². The molecule has 6 heteroatoms. The molecule has 3 N–H and O–H groups in total. The molecular weight excluding hydrogens is 266 g/mol. The van der Waals surface area contributed by atoms with Gasteiger partial charge in [-0.3, -0.25) is 0 Å². The highest BCUT2D eigenvalue weighted by molar-refractivity contribution is 5.49. The summed E-state index contributed by atoms with van der Waals surface area (Å²) in [5.74, 6) is 2.04. The number of aliphatic hydroxyl groups is 1. The molecule has 1 saturated heterocycles. The highest BCUT2D eigenvalue weighted by atomic mass is 16.3. The maximum Gasteiger partial charge on any atom is 0.138 e. The summed E-state index contributed by atoms with van der Waals surface area (Å²) in [6.07, 6.45) is 0.441. The van der Waals surface area contributed by atoms with Crippen molar-refractivity contribution in [1.29, 1.82) is 0 Å². The number of hydrogen-bond acceptors (Lipinski definition) is 6. The molecule has 0 aromatic carbocycles. The number of nitrogens with zero attached hydrogens (tertiary/aromatic N) is 4. The van der Waals surface area contributed by atoms with Gasteiger partial charge in [-0.1, -0.05) is 20.8 Å². The molecular formula is C15H27N5O. The highest BCUT2D eigenvalue weighted by Crippen LogP contribution is 2.28. The zero-order chi connectivity index (χ0) is 15.8. The third kappa shape index (κ3) is 3.83. The van der Waals surface area contributed by atoms with Crippen molar-refractivity contribution in [1.82, 2.24) is 14.9 Å². The molecule has 2 rings (SSSR count). The maximum absolute atomic E-state index is 10.0. The first kappa shape index (κ1) is 16.0. The zero-order valence-electron chi connectivity index (χ0n) is 13.7. The number of hydrogen-bond donors (Lipinski definition) is 2. The van der Waals surface area contributed by atoms with Gasteiger partial charge in [0.05, 0.1) is 6.10 Å². The monoisotopic (exact) mass is 293 g/mol. The molecule has 1 aliphatic rings. The second-order valence-corrected chi connectivity index (χ2v) is 7.18. The topological polar surface area (TPSA) is 78.5 Å². The van der Waals surface area contributed by atoms with E-state index in [9.17, 15) is 5.11 Å². The van der Waals surface area contributed by atoms with Crippen molar-refractivity contribution in [2.75, 3.05) is 37.8 Å².